The Morgan fingerprint density at radius 1 is 0.958 bits per heavy atom. The van der Waals surface area contributed by atoms with Crippen molar-refractivity contribution < 1.29 is 19.4 Å². The number of hydrogen-bond donors (Lipinski definition) is 2. The normalized spacial score (nSPS) is 23.7. The third kappa shape index (κ3) is 5.47. The molecule has 0 radical (unpaired) electrons. The molecule has 0 aromatic heterocycles. The van der Waals surface area contributed by atoms with E-state index in [1.54, 1.807) is 6.92 Å². The van der Waals surface area contributed by atoms with Crippen LogP contribution in [-0.4, -0.2) is 35.7 Å². The first-order chi connectivity index (χ1) is 11.6. The lowest BCUT2D eigenvalue weighted by Crippen LogP contribution is -2.40. The van der Waals surface area contributed by atoms with Gasteiger partial charge in [0.25, 0.3) is 0 Å². The number of carbonyl (C=O) groups is 2. The van der Waals surface area contributed by atoms with Crippen molar-refractivity contribution in [1.82, 2.24) is 5.32 Å². The van der Waals surface area contributed by atoms with E-state index in [1.165, 1.54) is 64.2 Å². The first-order valence-corrected chi connectivity index (χ1v) is 9.75. The van der Waals surface area contributed by atoms with Gasteiger partial charge < -0.3 is 15.2 Å². The van der Waals surface area contributed by atoms with Crippen LogP contribution >= 0.6 is 0 Å². The third-order valence-electron chi connectivity index (χ3n) is 5.51. The third-order valence-corrected chi connectivity index (χ3v) is 5.51. The maximum absolute atomic E-state index is 11.0. The lowest BCUT2D eigenvalue weighted by Gasteiger charge is -2.30. The summed E-state index contributed by atoms with van der Waals surface area (Å²) < 4.78 is 4.61. The minimum Gasteiger partial charge on any atom is -0.480 e. The predicted molar refractivity (Wildman–Crippen MR) is 92.8 cm³/mol. The first-order valence-electron chi connectivity index (χ1n) is 9.75. The maximum atomic E-state index is 11.0. The highest BCUT2D eigenvalue weighted by molar-refractivity contribution is 6.02. The fraction of sp³-hybridized carbons (Fsp3) is 0.895. The van der Waals surface area contributed by atoms with Crippen molar-refractivity contribution in [3.8, 4) is 0 Å². The molecule has 0 aromatic carbocycles. The van der Waals surface area contributed by atoms with Gasteiger partial charge in [-0.3, -0.25) is 9.59 Å². The van der Waals surface area contributed by atoms with E-state index in [1.807, 2.05) is 0 Å². The first kappa shape index (κ1) is 19.2. The average molecular weight is 339 g/mol. The number of carbonyl (C=O) groups excluding carboxylic acids is 1. The predicted octanol–water partition coefficient (Wildman–Crippen LogP) is 3.66. The van der Waals surface area contributed by atoms with Crippen molar-refractivity contribution in [1.29, 1.82) is 0 Å². The van der Waals surface area contributed by atoms with Gasteiger partial charge in [-0.15, -0.1) is 0 Å². The fourth-order valence-corrected chi connectivity index (χ4v) is 3.77. The molecular weight excluding hydrogens is 306 g/mol. The summed E-state index contributed by atoms with van der Waals surface area (Å²) in [5.74, 6) is -1.65. The number of ether oxygens (including phenoxy) is 1. The maximum Gasteiger partial charge on any atom is 0.323 e. The van der Waals surface area contributed by atoms with E-state index < -0.39 is 17.4 Å². The minimum atomic E-state index is -1.18. The Labute approximate surface area is 145 Å². The van der Waals surface area contributed by atoms with Crippen LogP contribution in [0.3, 0.4) is 0 Å². The van der Waals surface area contributed by atoms with Gasteiger partial charge in [0.05, 0.1) is 6.61 Å². The van der Waals surface area contributed by atoms with Crippen LogP contribution in [-0.2, 0) is 14.3 Å². The zero-order valence-corrected chi connectivity index (χ0v) is 15.0. The Bertz CT molecular complexity index is 392. The van der Waals surface area contributed by atoms with Gasteiger partial charge >= 0.3 is 11.9 Å². The van der Waals surface area contributed by atoms with Gasteiger partial charge in [-0.1, -0.05) is 38.5 Å². The van der Waals surface area contributed by atoms with Crippen molar-refractivity contribution in [2.75, 3.05) is 6.61 Å². The van der Waals surface area contributed by atoms with E-state index in [0.717, 1.165) is 12.1 Å². The number of rotatable bonds is 5. The van der Waals surface area contributed by atoms with Crippen LogP contribution in [0.15, 0.2) is 0 Å². The molecule has 5 nitrogen and oxygen atoms in total. The molecule has 24 heavy (non-hydrogen) atoms. The molecule has 2 N–H and O–H groups in total. The van der Waals surface area contributed by atoms with Crippen LogP contribution in [0.1, 0.15) is 84.0 Å². The molecule has 0 amide bonds. The Morgan fingerprint density at radius 3 is 1.75 bits per heavy atom. The molecule has 0 aromatic rings. The van der Waals surface area contributed by atoms with Gasteiger partial charge in [0, 0.05) is 12.1 Å². The Morgan fingerprint density at radius 2 is 1.42 bits per heavy atom. The molecule has 0 saturated heterocycles. The van der Waals surface area contributed by atoms with E-state index in [2.05, 4.69) is 10.1 Å². The molecular formula is C19H33NO4. The zero-order valence-electron chi connectivity index (χ0n) is 15.0. The second-order valence-electron chi connectivity index (χ2n) is 7.44. The average Bonchev–Trinajstić information content (AvgIpc) is 3.40. The fourth-order valence-electron chi connectivity index (χ4n) is 3.77. The lowest BCUT2D eigenvalue weighted by atomic mass is 9.91. The number of carboxylic acid groups (broad SMARTS) is 1. The Kier molecular flexibility index (Phi) is 7.53. The molecule has 0 atom stereocenters. The molecule has 3 fully saturated rings. The van der Waals surface area contributed by atoms with Crippen LogP contribution in [0, 0.1) is 5.41 Å². The molecule has 0 unspecified atom stereocenters. The van der Waals surface area contributed by atoms with Crippen LogP contribution < -0.4 is 5.32 Å². The van der Waals surface area contributed by atoms with Gasteiger partial charge in [0.2, 0.25) is 0 Å². The van der Waals surface area contributed by atoms with Crippen LogP contribution in [0.5, 0.6) is 0 Å². The Hall–Kier alpha value is -1.10. The molecule has 3 aliphatic carbocycles. The summed E-state index contributed by atoms with van der Waals surface area (Å²) in [5, 5.41) is 12.5. The molecule has 3 aliphatic rings. The highest BCUT2D eigenvalue weighted by Gasteiger charge is 2.58. The van der Waals surface area contributed by atoms with E-state index in [-0.39, 0.29) is 6.61 Å². The minimum absolute atomic E-state index is 0.244. The second kappa shape index (κ2) is 9.40. The van der Waals surface area contributed by atoms with E-state index in [9.17, 15) is 9.59 Å². The highest BCUT2D eigenvalue weighted by atomic mass is 16.5. The molecule has 5 heteroatoms. The largest absolute Gasteiger partial charge is 0.480 e. The van der Waals surface area contributed by atoms with Crippen molar-refractivity contribution in [2.24, 2.45) is 5.41 Å². The summed E-state index contributed by atoms with van der Waals surface area (Å²) in [7, 11) is 0. The van der Waals surface area contributed by atoms with Crippen molar-refractivity contribution in [3.63, 3.8) is 0 Å². The summed E-state index contributed by atoms with van der Waals surface area (Å²) in [5.41, 5.74) is -1.18. The van der Waals surface area contributed by atoms with Crippen molar-refractivity contribution in [2.45, 2.75) is 96.1 Å². The quantitative estimate of drug-likeness (QED) is 0.590. The van der Waals surface area contributed by atoms with Gasteiger partial charge in [-0.25, -0.2) is 0 Å². The van der Waals surface area contributed by atoms with Crippen molar-refractivity contribution >= 4 is 11.9 Å². The monoisotopic (exact) mass is 339 g/mol. The smallest absolute Gasteiger partial charge is 0.323 e. The molecule has 0 bridgehead atoms. The molecule has 0 spiro atoms. The van der Waals surface area contributed by atoms with Gasteiger partial charge in [-0.2, -0.15) is 0 Å². The van der Waals surface area contributed by atoms with E-state index >= 15 is 0 Å². The zero-order chi connectivity index (χ0) is 17.4. The molecule has 138 valence electrons. The van der Waals surface area contributed by atoms with Gasteiger partial charge in [0.15, 0.2) is 5.41 Å². The SMILES string of the molecule is C1CCC(NC2CCCCC2)CC1.CCOC(=O)C1(C(=O)O)CC1. The van der Waals surface area contributed by atoms with Crippen LogP contribution in [0.2, 0.25) is 0 Å². The van der Waals surface area contributed by atoms with Crippen LogP contribution in [0.25, 0.3) is 0 Å². The van der Waals surface area contributed by atoms with Crippen molar-refractivity contribution in [3.05, 3.63) is 0 Å². The Balaban J connectivity index is 0.000000177. The van der Waals surface area contributed by atoms with E-state index in [0.29, 0.717) is 12.8 Å². The highest BCUT2D eigenvalue weighted by Crippen LogP contribution is 2.46. The molecule has 3 rings (SSSR count). The van der Waals surface area contributed by atoms with Crippen LogP contribution in [0.4, 0.5) is 0 Å². The number of hydrogen-bond acceptors (Lipinski definition) is 4. The summed E-state index contributed by atoms with van der Waals surface area (Å²) in [6, 6.07) is 1.74. The number of nitrogens with one attached hydrogen (secondary N) is 1. The summed E-state index contributed by atoms with van der Waals surface area (Å²) in [6.07, 6.45) is 15.4. The summed E-state index contributed by atoms with van der Waals surface area (Å²) in [6.45, 7) is 1.91. The number of aliphatic carboxylic acids is 1. The molecule has 0 aliphatic heterocycles. The molecule has 0 heterocycles. The van der Waals surface area contributed by atoms with E-state index in [4.69, 9.17) is 5.11 Å². The number of carboxylic acids is 1. The van der Waals surface area contributed by atoms with Gasteiger partial charge in [-0.05, 0) is 45.4 Å². The number of esters is 1. The summed E-state index contributed by atoms with van der Waals surface area (Å²) in [4.78, 5) is 21.5. The molecule has 3 saturated carbocycles. The standard InChI is InChI=1S/C12H23N.C7H10O4/c1-3-7-11(8-4-1)13-12-9-5-2-6-10-12;1-2-11-6(10)7(3-4-7)5(8)9/h11-13H,1-10H2;2-4H2,1H3,(H,8,9). The lowest BCUT2D eigenvalue weighted by molar-refractivity contribution is -0.160. The van der Waals surface area contributed by atoms with Gasteiger partial charge in [0.1, 0.15) is 0 Å². The summed E-state index contributed by atoms with van der Waals surface area (Å²) >= 11 is 0. The topological polar surface area (TPSA) is 75.6 Å². The second-order valence-corrected chi connectivity index (χ2v) is 7.44.